The second kappa shape index (κ2) is 7.43. The van der Waals surface area contributed by atoms with Gasteiger partial charge in [-0.25, -0.2) is 9.78 Å². The number of hydrogen-bond donors (Lipinski definition) is 4. The minimum atomic E-state index is -1.53. The number of urea groups is 1. The summed E-state index contributed by atoms with van der Waals surface area (Å²) in [6, 6.07) is 1.44. The Labute approximate surface area is 133 Å². The van der Waals surface area contributed by atoms with Gasteiger partial charge < -0.3 is 27.0 Å². The minimum Gasteiger partial charge on any atom is -0.367 e. The number of anilines is 1. The Morgan fingerprint density at radius 3 is 2.48 bits per heavy atom. The first-order chi connectivity index (χ1) is 11.0. The molecule has 2 rings (SSSR count). The van der Waals surface area contributed by atoms with Crippen LogP contribution in [0.3, 0.4) is 0 Å². The van der Waals surface area contributed by atoms with Crippen LogP contribution in [0.4, 0.5) is 10.6 Å². The molecule has 9 heteroatoms. The quantitative estimate of drug-likeness (QED) is 0.488. The number of pyridine rings is 1. The first kappa shape index (κ1) is 16.5. The van der Waals surface area contributed by atoms with E-state index in [1.807, 2.05) is 6.07 Å². The fraction of sp³-hybridized carbons (Fsp3) is 0.429. The van der Waals surface area contributed by atoms with Gasteiger partial charge in [0, 0.05) is 25.8 Å². The van der Waals surface area contributed by atoms with Gasteiger partial charge in [0.25, 0.3) is 0 Å². The van der Waals surface area contributed by atoms with E-state index in [1.54, 1.807) is 12.3 Å². The Morgan fingerprint density at radius 2 is 1.87 bits per heavy atom. The highest BCUT2D eigenvalue weighted by Gasteiger charge is 2.23. The van der Waals surface area contributed by atoms with Crippen LogP contribution in [0.25, 0.3) is 0 Å². The lowest BCUT2D eigenvalue weighted by atomic mass is 10.2. The molecule has 0 aromatic carbocycles. The van der Waals surface area contributed by atoms with Crippen molar-refractivity contribution in [2.45, 2.75) is 25.4 Å². The van der Waals surface area contributed by atoms with Crippen LogP contribution in [0.15, 0.2) is 18.3 Å². The van der Waals surface area contributed by atoms with Crippen molar-refractivity contribution >= 4 is 23.7 Å². The number of rotatable bonds is 6. The van der Waals surface area contributed by atoms with Crippen LogP contribution in [0.5, 0.6) is 0 Å². The highest BCUT2D eigenvalue weighted by atomic mass is 16.2. The molecule has 0 saturated carbocycles. The van der Waals surface area contributed by atoms with Gasteiger partial charge >= 0.3 is 6.03 Å². The average Bonchev–Trinajstić information content (AvgIpc) is 3.04. The zero-order chi connectivity index (χ0) is 16.8. The lowest BCUT2D eigenvalue weighted by Gasteiger charge is -2.17. The maximum Gasteiger partial charge on any atom is 0.316 e. The molecule has 2 heterocycles. The smallest absolute Gasteiger partial charge is 0.316 e. The third-order valence-electron chi connectivity index (χ3n) is 3.54. The zero-order valence-corrected chi connectivity index (χ0v) is 12.6. The van der Waals surface area contributed by atoms with Crippen LogP contribution in [-0.2, 0) is 16.1 Å². The van der Waals surface area contributed by atoms with Gasteiger partial charge in [-0.1, -0.05) is 0 Å². The molecule has 23 heavy (non-hydrogen) atoms. The summed E-state index contributed by atoms with van der Waals surface area (Å²) in [5.41, 5.74) is 10.8. The van der Waals surface area contributed by atoms with Gasteiger partial charge in [-0.05, 0) is 30.5 Å². The molecule has 9 nitrogen and oxygen atoms in total. The first-order valence-electron chi connectivity index (χ1n) is 7.30. The number of aromatic nitrogens is 1. The van der Waals surface area contributed by atoms with Crippen LogP contribution >= 0.6 is 0 Å². The molecule has 0 radical (unpaired) electrons. The normalized spacial score (nSPS) is 13.9. The number of nitrogens with two attached hydrogens (primary N) is 2. The summed E-state index contributed by atoms with van der Waals surface area (Å²) in [6.07, 6.45) is 3.97. The zero-order valence-electron chi connectivity index (χ0n) is 12.6. The molecule has 1 aliphatic rings. The Kier molecular flexibility index (Phi) is 5.34. The Morgan fingerprint density at radius 1 is 1.22 bits per heavy atom. The maximum atomic E-state index is 11.7. The van der Waals surface area contributed by atoms with Crippen molar-refractivity contribution in [3.05, 3.63) is 23.9 Å². The highest BCUT2D eigenvalue weighted by Crippen LogP contribution is 2.18. The van der Waals surface area contributed by atoms with E-state index in [2.05, 4.69) is 20.5 Å². The van der Waals surface area contributed by atoms with E-state index in [9.17, 15) is 14.4 Å². The number of carbonyl (C=O) groups excluding carboxylic acids is 3. The van der Waals surface area contributed by atoms with Crippen molar-refractivity contribution in [1.29, 1.82) is 0 Å². The van der Waals surface area contributed by atoms with Crippen LogP contribution < -0.4 is 27.0 Å². The molecule has 1 aliphatic heterocycles. The van der Waals surface area contributed by atoms with Gasteiger partial charge in [0.15, 0.2) is 6.04 Å². The highest BCUT2D eigenvalue weighted by molar-refractivity contribution is 6.05. The van der Waals surface area contributed by atoms with E-state index >= 15 is 0 Å². The number of nitrogens with one attached hydrogen (secondary N) is 2. The third kappa shape index (κ3) is 4.56. The molecule has 1 fully saturated rings. The molecule has 0 atom stereocenters. The summed E-state index contributed by atoms with van der Waals surface area (Å²) in [5, 5.41) is 4.68. The summed E-state index contributed by atoms with van der Waals surface area (Å²) in [7, 11) is 0. The van der Waals surface area contributed by atoms with E-state index in [4.69, 9.17) is 11.5 Å². The van der Waals surface area contributed by atoms with Gasteiger partial charge in [-0.3, -0.25) is 9.59 Å². The van der Waals surface area contributed by atoms with E-state index < -0.39 is 23.9 Å². The number of carbonyl (C=O) groups is 3. The minimum absolute atomic E-state index is 0.222. The number of primary amides is 2. The molecule has 0 aliphatic carbocycles. The molecular formula is C14H20N6O3. The molecule has 4 amide bonds. The Hall–Kier alpha value is -2.84. The third-order valence-corrected chi connectivity index (χ3v) is 3.54. The molecular weight excluding hydrogens is 300 g/mol. The molecule has 124 valence electrons. The van der Waals surface area contributed by atoms with Crippen LogP contribution in [-0.4, -0.2) is 42.0 Å². The van der Waals surface area contributed by atoms with E-state index in [-0.39, 0.29) is 6.54 Å². The second-order valence-corrected chi connectivity index (χ2v) is 5.28. The average molecular weight is 320 g/mol. The molecule has 0 spiro atoms. The van der Waals surface area contributed by atoms with E-state index in [0.29, 0.717) is 0 Å². The summed E-state index contributed by atoms with van der Waals surface area (Å²) >= 11 is 0. The first-order valence-corrected chi connectivity index (χ1v) is 7.30. The van der Waals surface area contributed by atoms with Crippen molar-refractivity contribution in [2.24, 2.45) is 11.5 Å². The largest absolute Gasteiger partial charge is 0.367 e. The monoisotopic (exact) mass is 320 g/mol. The SMILES string of the molecule is NC(=O)C(NC(=O)NCc1ccnc(N2CCCC2)c1)C(N)=O. The van der Waals surface area contributed by atoms with Gasteiger partial charge in [0.2, 0.25) is 11.8 Å². The van der Waals surface area contributed by atoms with Crippen LogP contribution in [0, 0.1) is 0 Å². The summed E-state index contributed by atoms with van der Waals surface area (Å²) < 4.78 is 0. The lowest BCUT2D eigenvalue weighted by molar-refractivity contribution is -0.128. The topological polar surface area (TPSA) is 143 Å². The van der Waals surface area contributed by atoms with Gasteiger partial charge in [-0.2, -0.15) is 0 Å². The molecule has 0 unspecified atom stereocenters. The number of amides is 4. The van der Waals surface area contributed by atoms with Crippen molar-refractivity contribution in [2.75, 3.05) is 18.0 Å². The van der Waals surface area contributed by atoms with Gasteiger partial charge in [0.1, 0.15) is 5.82 Å². The molecule has 6 N–H and O–H groups in total. The van der Waals surface area contributed by atoms with Crippen LogP contribution in [0.2, 0.25) is 0 Å². The van der Waals surface area contributed by atoms with Crippen molar-refractivity contribution < 1.29 is 14.4 Å². The van der Waals surface area contributed by atoms with E-state index in [0.717, 1.165) is 37.3 Å². The number of nitrogens with zero attached hydrogens (tertiary/aromatic N) is 2. The Bertz CT molecular complexity index is 586. The predicted octanol–water partition coefficient (Wildman–Crippen LogP) is -1.18. The van der Waals surface area contributed by atoms with Crippen molar-refractivity contribution in [3.8, 4) is 0 Å². The lowest BCUT2D eigenvalue weighted by Crippen LogP contribution is -2.54. The summed E-state index contributed by atoms with van der Waals surface area (Å²) in [5.74, 6) is -1.14. The summed E-state index contributed by atoms with van der Waals surface area (Å²) in [6.45, 7) is 2.17. The fourth-order valence-corrected chi connectivity index (χ4v) is 2.34. The molecule has 1 saturated heterocycles. The van der Waals surface area contributed by atoms with Gasteiger partial charge in [0.05, 0.1) is 0 Å². The molecule has 1 aromatic heterocycles. The fourth-order valence-electron chi connectivity index (χ4n) is 2.34. The van der Waals surface area contributed by atoms with Crippen molar-refractivity contribution in [1.82, 2.24) is 15.6 Å². The predicted molar refractivity (Wildman–Crippen MR) is 83.2 cm³/mol. The second-order valence-electron chi connectivity index (χ2n) is 5.28. The maximum absolute atomic E-state index is 11.7. The van der Waals surface area contributed by atoms with Gasteiger partial charge in [-0.15, -0.1) is 0 Å². The Balaban J connectivity index is 1.90. The van der Waals surface area contributed by atoms with Crippen molar-refractivity contribution in [3.63, 3.8) is 0 Å². The molecule has 1 aromatic rings. The van der Waals surface area contributed by atoms with Crippen LogP contribution in [0.1, 0.15) is 18.4 Å². The van der Waals surface area contributed by atoms with E-state index in [1.165, 1.54) is 0 Å². The molecule has 0 bridgehead atoms. The number of hydrogen-bond acceptors (Lipinski definition) is 5. The summed E-state index contributed by atoms with van der Waals surface area (Å²) in [4.78, 5) is 40.2. The standard InChI is InChI=1S/C14H20N6O3/c15-12(21)11(13(16)22)19-14(23)18-8-9-3-4-17-10(7-9)20-5-1-2-6-20/h3-4,7,11H,1-2,5-6,8H2,(H2,15,21)(H2,16,22)(H2,18,19,23).